The second-order valence-electron chi connectivity index (χ2n) is 7.24. The minimum atomic E-state index is -1.14. The van der Waals surface area contributed by atoms with Crippen molar-refractivity contribution in [1.82, 2.24) is 10.6 Å². The Morgan fingerprint density at radius 2 is 1.63 bits per heavy atom. The molecule has 3 unspecified atom stereocenters. The molecule has 2 aromatic rings. The number of hydrogen-bond donors (Lipinski definition) is 5. The largest absolute Gasteiger partial charge is 0.394 e. The molecule has 0 spiro atoms. The quantitative estimate of drug-likeness (QED) is 0.488. The molecule has 1 aliphatic rings. The average molecular weight is 414 g/mol. The van der Waals surface area contributed by atoms with E-state index in [0.717, 1.165) is 0 Å². The summed E-state index contributed by atoms with van der Waals surface area (Å²) < 4.78 is 5.77. The van der Waals surface area contributed by atoms with E-state index in [4.69, 9.17) is 4.74 Å². The van der Waals surface area contributed by atoms with Crippen LogP contribution < -0.4 is 10.6 Å². The Balaban J connectivity index is 2.03. The highest BCUT2D eigenvalue weighted by Crippen LogP contribution is 2.34. The number of nitrogens with one attached hydrogen (secondary N) is 2. The lowest BCUT2D eigenvalue weighted by atomic mass is 9.91. The highest BCUT2D eigenvalue weighted by Gasteiger charge is 2.37. The van der Waals surface area contributed by atoms with E-state index in [1.165, 1.54) is 20.2 Å². The zero-order valence-corrected chi connectivity index (χ0v) is 16.8. The summed E-state index contributed by atoms with van der Waals surface area (Å²) in [4.78, 5) is 24.4. The topological polar surface area (TPSA) is 128 Å². The first-order valence-electron chi connectivity index (χ1n) is 9.70. The van der Waals surface area contributed by atoms with Gasteiger partial charge in [0.15, 0.2) is 0 Å². The fourth-order valence-electron chi connectivity index (χ4n) is 3.59. The Kier molecular flexibility index (Phi) is 6.84. The van der Waals surface area contributed by atoms with Crippen LogP contribution in [0.25, 0.3) is 11.1 Å². The number of rotatable bonds is 5. The Bertz CT molecular complexity index is 897. The van der Waals surface area contributed by atoms with Crippen molar-refractivity contribution in [3.05, 3.63) is 59.2 Å². The van der Waals surface area contributed by atoms with Gasteiger partial charge in [0.2, 0.25) is 0 Å². The molecule has 8 heteroatoms. The van der Waals surface area contributed by atoms with Crippen molar-refractivity contribution in [1.29, 1.82) is 0 Å². The molecule has 0 aromatic heterocycles. The number of amides is 2. The van der Waals surface area contributed by atoms with Gasteiger partial charge in [-0.25, -0.2) is 0 Å². The van der Waals surface area contributed by atoms with Crippen LogP contribution in [0.15, 0.2) is 42.5 Å². The smallest absolute Gasteiger partial charge is 0.251 e. The number of carbonyl (C=O) groups is 2. The Morgan fingerprint density at radius 3 is 2.20 bits per heavy atom. The summed E-state index contributed by atoms with van der Waals surface area (Å²) in [5.74, 6) is -0.642. The third-order valence-corrected chi connectivity index (χ3v) is 5.21. The number of aliphatic hydroxyl groups excluding tert-OH is 3. The SMILES string of the molecule is CNC(=O)c1cc(C(=O)NC)cc(-c2cccc([C@H]3OC(CO)CC(O)C3O)c2)c1. The van der Waals surface area contributed by atoms with E-state index in [0.29, 0.717) is 27.8 Å². The maximum absolute atomic E-state index is 12.2. The van der Waals surface area contributed by atoms with Gasteiger partial charge in [0.1, 0.15) is 12.2 Å². The molecule has 0 saturated carbocycles. The van der Waals surface area contributed by atoms with Gasteiger partial charge in [0, 0.05) is 31.6 Å². The van der Waals surface area contributed by atoms with E-state index in [-0.39, 0.29) is 24.8 Å². The fourth-order valence-corrected chi connectivity index (χ4v) is 3.59. The van der Waals surface area contributed by atoms with Gasteiger partial charge in [0.25, 0.3) is 11.8 Å². The standard InChI is InChI=1S/C22H26N2O6/c1-23-21(28)15-7-14(8-16(9-15)22(29)24-2)12-4-3-5-13(6-12)20-19(27)18(26)10-17(11-25)30-20/h3-9,17-20,25-27H,10-11H2,1-2H3,(H,23,28)(H,24,29)/t17?,18?,19?,20-/m1/s1. The first-order valence-corrected chi connectivity index (χ1v) is 9.70. The van der Waals surface area contributed by atoms with Gasteiger partial charge in [-0.15, -0.1) is 0 Å². The van der Waals surface area contributed by atoms with Crippen LogP contribution in [0.4, 0.5) is 0 Å². The van der Waals surface area contributed by atoms with Crippen LogP contribution in [0.1, 0.15) is 38.8 Å². The average Bonchev–Trinajstić information content (AvgIpc) is 2.79. The van der Waals surface area contributed by atoms with Gasteiger partial charge in [0.05, 0.1) is 18.8 Å². The van der Waals surface area contributed by atoms with E-state index in [1.54, 1.807) is 30.3 Å². The molecule has 1 fully saturated rings. The van der Waals surface area contributed by atoms with Crippen LogP contribution in [0.5, 0.6) is 0 Å². The maximum atomic E-state index is 12.2. The minimum absolute atomic E-state index is 0.150. The minimum Gasteiger partial charge on any atom is -0.394 e. The second-order valence-corrected chi connectivity index (χ2v) is 7.24. The van der Waals surface area contributed by atoms with Crippen molar-refractivity contribution in [3.63, 3.8) is 0 Å². The normalized spacial score (nSPS) is 23.6. The Labute approximate surface area is 174 Å². The summed E-state index contributed by atoms with van der Waals surface area (Å²) in [5, 5.41) is 35.0. The van der Waals surface area contributed by atoms with Gasteiger partial charge < -0.3 is 30.7 Å². The lowest BCUT2D eigenvalue weighted by molar-refractivity contribution is -0.179. The molecule has 160 valence electrons. The van der Waals surface area contributed by atoms with Crippen molar-refractivity contribution < 1.29 is 29.6 Å². The Morgan fingerprint density at radius 1 is 1.00 bits per heavy atom. The zero-order chi connectivity index (χ0) is 21.8. The molecule has 2 amide bonds. The molecule has 8 nitrogen and oxygen atoms in total. The summed E-state index contributed by atoms with van der Waals surface area (Å²) in [6.45, 7) is -0.260. The molecule has 0 bridgehead atoms. The monoisotopic (exact) mass is 414 g/mol. The van der Waals surface area contributed by atoms with Crippen molar-refractivity contribution in [2.75, 3.05) is 20.7 Å². The molecule has 4 atom stereocenters. The van der Waals surface area contributed by atoms with Crippen molar-refractivity contribution >= 4 is 11.8 Å². The molecular weight excluding hydrogens is 388 g/mol. The van der Waals surface area contributed by atoms with Crippen molar-refractivity contribution in [2.24, 2.45) is 0 Å². The number of benzene rings is 2. The van der Waals surface area contributed by atoms with Crippen LogP contribution in [-0.2, 0) is 4.74 Å². The molecule has 1 aliphatic heterocycles. The van der Waals surface area contributed by atoms with Crippen LogP contribution in [0.2, 0.25) is 0 Å². The molecule has 0 radical (unpaired) electrons. The highest BCUT2D eigenvalue weighted by molar-refractivity contribution is 6.01. The van der Waals surface area contributed by atoms with E-state index in [1.807, 2.05) is 6.07 Å². The van der Waals surface area contributed by atoms with E-state index < -0.39 is 24.4 Å². The molecular formula is C22H26N2O6. The van der Waals surface area contributed by atoms with E-state index >= 15 is 0 Å². The zero-order valence-electron chi connectivity index (χ0n) is 16.8. The molecule has 5 N–H and O–H groups in total. The summed E-state index contributed by atoms with van der Waals surface area (Å²) in [6.07, 6.45) is -3.39. The predicted octanol–water partition coefficient (Wildman–Crippen LogP) is 0.617. The number of carbonyl (C=O) groups excluding carboxylic acids is 2. The van der Waals surface area contributed by atoms with Gasteiger partial charge in [-0.3, -0.25) is 9.59 Å². The van der Waals surface area contributed by atoms with Crippen LogP contribution >= 0.6 is 0 Å². The van der Waals surface area contributed by atoms with Gasteiger partial charge in [-0.05, 0) is 41.0 Å². The second kappa shape index (κ2) is 9.36. The molecule has 3 rings (SSSR count). The summed E-state index contributed by atoms with van der Waals surface area (Å²) in [7, 11) is 3.03. The highest BCUT2D eigenvalue weighted by atomic mass is 16.5. The third-order valence-electron chi connectivity index (χ3n) is 5.21. The van der Waals surface area contributed by atoms with Crippen LogP contribution in [-0.4, -0.2) is 66.1 Å². The van der Waals surface area contributed by atoms with Gasteiger partial charge >= 0.3 is 0 Å². The predicted molar refractivity (Wildman–Crippen MR) is 110 cm³/mol. The molecule has 30 heavy (non-hydrogen) atoms. The number of hydrogen-bond acceptors (Lipinski definition) is 6. The molecule has 2 aromatic carbocycles. The van der Waals surface area contributed by atoms with E-state index in [2.05, 4.69) is 10.6 Å². The number of aliphatic hydroxyl groups is 3. The van der Waals surface area contributed by atoms with Crippen LogP contribution in [0, 0.1) is 0 Å². The van der Waals surface area contributed by atoms with E-state index in [9.17, 15) is 24.9 Å². The molecule has 1 heterocycles. The van der Waals surface area contributed by atoms with Gasteiger partial charge in [-0.2, -0.15) is 0 Å². The summed E-state index contributed by atoms with van der Waals surface area (Å²) >= 11 is 0. The Hall–Kier alpha value is -2.78. The lowest BCUT2D eigenvalue weighted by Crippen LogP contribution is -2.44. The number of ether oxygens (including phenoxy) is 1. The lowest BCUT2D eigenvalue weighted by Gasteiger charge is -2.37. The van der Waals surface area contributed by atoms with Gasteiger partial charge in [-0.1, -0.05) is 18.2 Å². The summed E-state index contributed by atoms with van der Waals surface area (Å²) in [5.41, 5.74) is 2.64. The summed E-state index contributed by atoms with van der Waals surface area (Å²) in [6, 6.07) is 12.0. The fraction of sp³-hybridized carbons (Fsp3) is 0.364. The first-order chi connectivity index (χ1) is 14.4. The molecule has 0 aliphatic carbocycles. The van der Waals surface area contributed by atoms with Crippen molar-refractivity contribution in [3.8, 4) is 11.1 Å². The van der Waals surface area contributed by atoms with Crippen molar-refractivity contribution in [2.45, 2.75) is 30.8 Å². The van der Waals surface area contributed by atoms with Crippen LogP contribution in [0.3, 0.4) is 0 Å². The molecule has 1 saturated heterocycles. The first kappa shape index (κ1) is 21.9. The maximum Gasteiger partial charge on any atom is 0.251 e. The third kappa shape index (κ3) is 4.52.